The van der Waals surface area contributed by atoms with E-state index in [0.29, 0.717) is 13.2 Å². The molecule has 0 bridgehead atoms. The van der Waals surface area contributed by atoms with Crippen LogP contribution in [0.15, 0.2) is 0 Å². The van der Waals surface area contributed by atoms with Gasteiger partial charge in [0.25, 0.3) is 0 Å². The lowest BCUT2D eigenvalue weighted by atomic mass is 10.1. The molecule has 0 aromatic carbocycles. The fraction of sp³-hybridized carbons (Fsp3) is 1.00. The van der Waals surface area contributed by atoms with Crippen molar-refractivity contribution >= 4 is 11.4 Å². The largest absolute Gasteiger partial charge is 0.304 e. The van der Waals surface area contributed by atoms with Crippen molar-refractivity contribution in [1.82, 2.24) is 0 Å². The van der Waals surface area contributed by atoms with Crippen LogP contribution in [0.25, 0.3) is 0 Å². The molecule has 0 amide bonds. The molecule has 3 nitrogen and oxygen atoms in total. The second kappa shape index (κ2) is 18.1. The van der Waals surface area contributed by atoms with Gasteiger partial charge in [-0.3, -0.25) is 8.37 Å². The minimum absolute atomic E-state index is 0.546. The number of unbranched alkanes of at least 4 members (excludes halogenated alkanes) is 11. The van der Waals surface area contributed by atoms with Crippen molar-refractivity contribution in [2.24, 2.45) is 0 Å². The van der Waals surface area contributed by atoms with Crippen LogP contribution < -0.4 is 0 Å². The standard InChI is InChI=1S/C17H36O3S/c1-3-5-7-9-10-11-12-13-15-17-20-21(18)19-16-14-8-6-4-2/h3-17H2,1-2H3. The van der Waals surface area contributed by atoms with E-state index in [4.69, 9.17) is 8.37 Å². The second-order valence-corrected chi connectivity index (χ2v) is 6.62. The van der Waals surface area contributed by atoms with Crippen molar-refractivity contribution in [3.63, 3.8) is 0 Å². The zero-order valence-electron chi connectivity index (χ0n) is 14.2. The smallest absolute Gasteiger partial charge is 0.268 e. The highest BCUT2D eigenvalue weighted by molar-refractivity contribution is 7.75. The van der Waals surface area contributed by atoms with Crippen molar-refractivity contribution in [1.29, 1.82) is 0 Å². The summed E-state index contributed by atoms with van der Waals surface area (Å²) in [6, 6.07) is 0. The van der Waals surface area contributed by atoms with Crippen molar-refractivity contribution < 1.29 is 12.6 Å². The van der Waals surface area contributed by atoms with E-state index >= 15 is 0 Å². The maximum Gasteiger partial charge on any atom is 0.304 e. The van der Waals surface area contributed by atoms with Crippen molar-refractivity contribution in [3.05, 3.63) is 0 Å². The van der Waals surface area contributed by atoms with E-state index in [-0.39, 0.29) is 0 Å². The van der Waals surface area contributed by atoms with E-state index < -0.39 is 11.4 Å². The topological polar surface area (TPSA) is 35.5 Å². The molecule has 0 aliphatic heterocycles. The average Bonchev–Trinajstić information content (AvgIpc) is 2.49. The number of rotatable bonds is 17. The molecule has 0 aliphatic rings. The Bertz CT molecular complexity index is 222. The van der Waals surface area contributed by atoms with Crippen LogP contribution in [0.2, 0.25) is 0 Å². The van der Waals surface area contributed by atoms with Crippen LogP contribution in [0.4, 0.5) is 0 Å². The van der Waals surface area contributed by atoms with Crippen LogP contribution >= 0.6 is 0 Å². The van der Waals surface area contributed by atoms with Crippen molar-refractivity contribution in [3.8, 4) is 0 Å². The van der Waals surface area contributed by atoms with Crippen LogP contribution in [0, 0.1) is 0 Å². The lowest BCUT2D eigenvalue weighted by molar-refractivity contribution is 0.241. The Hall–Kier alpha value is 0.0700. The Morgan fingerprint density at radius 2 is 0.905 bits per heavy atom. The zero-order chi connectivity index (χ0) is 15.6. The van der Waals surface area contributed by atoms with Gasteiger partial charge in [-0.25, -0.2) is 0 Å². The highest BCUT2D eigenvalue weighted by Crippen LogP contribution is 2.09. The molecule has 0 aliphatic carbocycles. The monoisotopic (exact) mass is 320 g/mol. The van der Waals surface area contributed by atoms with Crippen LogP contribution in [-0.2, 0) is 19.7 Å². The molecule has 0 saturated heterocycles. The van der Waals surface area contributed by atoms with E-state index in [1.54, 1.807) is 0 Å². The first kappa shape index (κ1) is 21.1. The van der Waals surface area contributed by atoms with Gasteiger partial charge in [0.05, 0.1) is 13.2 Å². The van der Waals surface area contributed by atoms with Gasteiger partial charge in [0.1, 0.15) is 0 Å². The average molecular weight is 321 g/mol. The minimum Gasteiger partial charge on any atom is -0.268 e. The summed E-state index contributed by atoms with van der Waals surface area (Å²) in [4.78, 5) is 0. The summed E-state index contributed by atoms with van der Waals surface area (Å²) in [5, 5.41) is 0. The third kappa shape index (κ3) is 18.0. The molecule has 0 aromatic rings. The first-order valence-electron chi connectivity index (χ1n) is 8.99. The molecular weight excluding hydrogens is 284 g/mol. The van der Waals surface area contributed by atoms with E-state index in [1.807, 2.05) is 0 Å². The van der Waals surface area contributed by atoms with Gasteiger partial charge in [-0.1, -0.05) is 84.5 Å². The third-order valence-electron chi connectivity index (χ3n) is 3.60. The van der Waals surface area contributed by atoms with Gasteiger partial charge in [0.2, 0.25) is 0 Å². The quantitative estimate of drug-likeness (QED) is 0.322. The Balaban J connectivity index is 3.11. The highest BCUT2D eigenvalue weighted by atomic mass is 32.2. The summed E-state index contributed by atoms with van der Waals surface area (Å²) in [7, 11) is 0. The Morgan fingerprint density at radius 1 is 0.571 bits per heavy atom. The van der Waals surface area contributed by atoms with Gasteiger partial charge in [0, 0.05) is 0 Å². The molecule has 0 radical (unpaired) electrons. The van der Waals surface area contributed by atoms with Gasteiger partial charge in [-0.05, 0) is 12.8 Å². The predicted molar refractivity (Wildman–Crippen MR) is 91.4 cm³/mol. The molecule has 0 aromatic heterocycles. The van der Waals surface area contributed by atoms with Crippen LogP contribution in [0.3, 0.4) is 0 Å². The minimum atomic E-state index is -1.54. The van der Waals surface area contributed by atoms with Gasteiger partial charge in [-0.15, -0.1) is 0 Å². The zero-order valence-corrected chi connectivity index (χ0v) is 15.1. The molecule has 128 valence electrons. The Labute approximate surface area is 135 Å². The molecule has 0 spiro atoms. The summed E-state index contributed by atoms with van der Waals surface area (Å²) in [6.45, 7) is 5.52. The van der Waals surface area contributed by atoms with Crippen LogP contribution in [0.1, 0.15) is 97.3 Å². The first-order valence-corrected chi connectivity index (χ1v) is 9.99. The summed E-state index contributed by atoms with van der Waals surface area (Å²) < 4.78 is 21.7. The molecular formula is C17H36O3S. The maximum atomic E-state index is 11.4. The van der Waals surface area contributed by atoms with Gasteiger partial charge in [0.15, 0.2) is 0 Å². The first-order chi connectivity index (χ1) is 10.3. The molecule has 4 heteroatoms. The fourth-order valence-electron chi connectivity index (χ4n) is 2.23. The predicted octanol–water partition coefficient (Wildman–Crippen LogP) is 5.71. The summed E-state index contributed by atoms with van der Waals surface area (Å²) in [5.74, 6) is 0. The highest BCUT2D eigenvalue weighted by Gasteiger charge is 2.00. The van der Waals surface area contributed by atoms with E-state index in [0.717, 1.165) is 19.3 Å². The third-order valence-corrected chi connectivity index (χ3v) is 4.32. The molecule has 0 saturated carbocycles. The summed E-state index contributed by atoms with van der Waals surface area (Å²) in [5.41, 5.74) is 0. The van der Waals surface area contributed by atoms with Crippen LogP contribution in [0.5, 0.6) is 0 Å². The van der Waals surface area contributed by atoms with E-state index in [1.165, 1.54) is 64.2 Å². The maximum absolute atomic E-state index is 11.4. The molecule has 1 atom stereocenters. The second-order valence-electron chi connectivity index (χ2n) is 5.74. The van der Waals surface area contributed by atoms with Crippen molar-refractivity contribution in [2.45, 2.75) is 97.3 Å². The molecule has 0 fully saturated rings. The summed E-state index contributed by atoms with van der Waals surface area (Å²) >= 11 is -1.54. The van der Waals surface area contributed by atoms with E-state index in [2.05, 4.69) is 13.8 Å². The Kier molecular flexibility index (Phi) is 18.2. The van der Waals surface area contributed by atoms with E-state index in [9.17, 15) is 4.21 Å². The molecule has 0 N–H and O–H groups in total. The fourth-order valence-corrected chi connectivity index (χ4v) is 2.81. The lowest BCUT2D eigenvalue weighted by Crippen LogP contribution is -2.05. The van der Waals surface area contributed by atoms with Crippen LogP contribution in [-0.4, -0.2) is 17.4 Å². The SMILES string of the molecule is CCCCCCCCCCCOS(=O)OCCCCCC. The van der Waals surface area contributed by atoms with Gasteiger partial charge < -0.3 is 0 Å². The lowest BCUT2D eigenvalue weighted by Gasteiger charge is -2.04. The summed E-state index contributed by atoms with van der Waals surface area (Å²) in [6.07, 6.45) is 16.1. The normalized spacial score (nSPS) is 12.7. The number of hydrogen-bond donors (Lipinski definition) is 0. The molecule has 21 heavy (non-hydrogen) atoms. The number of hydrogen-bond acceptors (Lipinski definition) is 3. The van der Waals surface area contributed by atoms with Gasteiger partial charge in [-0.2, -0.15) is 4.21 Å². The molecule has 0 heterocycles. The van der Waals surface area contributed by atoms with Gasteiger partial charge >= 0.3 is 11.4 Å². The van der Waals surface area contributed by atoms with Crippen molar-refractivity contribution in [2.75, 3.05) is 13.2 Å². The molecule has 0 rings (SSSR count). The molecule has 1 unspecified atom stereocenters. The Morgan fingerprint density at radius 3 is 1.33 bits per heavy atom.